The lowest BCUT2D eigenvalue weighted by Gasteiger charge is -2.41. The monoisotopic (exact) mass is 349 g/mol. The van der Waals surface area contributed by atoms with Crippen LogP contribution in [-0.2, 0) is 10.2 Å². The van der Waals surface area contributed by atoms with Crippen molar-refractivity contribution >= 4 is 11.5 Å². The van der Waals surface area contributed by atoms with Crippen molar-refractivity contribution in [3.05, 3.63) is 53.6 Å². The van der Waals surface area contributed by atoms with Gasteiger partial charge in [0, 0.05) is 12.0 Å². The Morgan fingerprint density at radius 1 is 1.15 bits per heavy atom. The van der Waals surface area contributed by atoms with Crippen molar-refractivity contribution in [2.75, 3.05) is 19.6 Å². The molecular formula is C23H27NO2. The molecule has 1 N–H and O–H groups in total. The fourth-order valence-electron chi connectivity index (χ4n) is 5.88. The van der Waals surface area contributed by atoms with E-state index in [0.29, 0.717) is 5.57 Å². The lowest BCUT2D eigenvalue weighted by atomic mass is 9.74. The highest BCUT2D eigenvalue weighted by Gasteiger charge is 2.42. The van der Waals surface area contributed by atoms with E-state index in [2.05, 4.69) is 35.3 Å². The third-order valence-corrected chi connectivity index (χ3v) is 7.36. The summed E-state index contributed by atoms with van der Waals surface area (Å²) >= 11 is 0. The molecule has 3 aliphatic carbocycles. The molecule has 1 aromatic carbocycles. The summed E-state index contributed by atoms with van der Waals surface area (Å²) in [7, 11) is 0. The van der Waals surface area contributed by atoms with Gasteiger partial charge in [-0.25, -0.2) is 4.79 Å². The van der Waals surface area contributed by atoms with Crippen molar-refractivity contribution in [3.63, 3.8) is 0 Å². The maximum atomic E-state index is 11.7. The molecule has 3 nitrogen and oxygen atoms in total. The molecule has 1 aliphatic heterocycles. The Balaban J connectivity index is 1.31. The minimum absolute atomic E-state index is 0.0638. The molecule has 1 heterocycles. The molecule has 3 heteroatoms. The normalized spacial score (nSPS) is 31.8. The summed E-state index contributed by atoms with van der Waals surface area (Å²) in [4.78, 5) is 14.3. The molecule has 0 amide bonds. The van der Waals surface area contributed by atoms with E-state index in [0.717, 1.165) is 49.2 Å². The molecule has 3 unspecified atom stereocenters. The van der Waals surface area contributed by atoms with Crippen molar-refractivity contribution in [1.82, 2.24) is 4.90 Å². The van der Waals surface area contributed by atoms with Crippen molar-refractivity contribution in [2.24, 2.45) is 17.8 Å². The molecule has 0 aromatic heterocycles. The van der Waals surface area contributed by atoms with E-state index >= 15 is 0 Å². The van der Waals surface area contributed by atoms with Gasteiger partial charge in [0.25, 0.3) is 0 Å². The highest BCUT2D eigenvalue weighted by atomic mass is 16.4. The Labute approximate surface area is 155 Å². The van der Waals surface area contributed by atoms with Crippen molar-refractivity contribution in [2.45, 2.75) is 37.5 Å². The van der Waals surface area contributed by atoms with Crippen LogP contribution in [0.1, 0.15) is 43.2 Å². The number of benzene rings is 1. The zero-order chi connectivity index (χ0) is 17.7. The molecule has 1 saturated carbocycles. The second kappa shape index (κ2) is 6.09. The molecular weight excluding hydrogens is 322 g/mol. The first-order valence-corrected chi connectivity index (χ1v) is 10.1. The number of carboxylic acids is 1. The molecule has 1 spiro atoms. The third kappa shape index (κ3) is 2.56. The SMILES string of the molecule is O=C(O)C1=CC2(CCN(CC3CCC4C=CC3C4)CC2)c2ccccc21. The van der Waals surface area contributed by atoms with Crippen LogP contribution >= 0.6 is 0 Å². The summed E-state index contributed by atoms with van der Waals surface area (Å²) in [6, 6.07) is 8.12. The van der Waals surface area contributed by atoms with Crippen LogP contribution < -0.4 is 0 Å². The quantitative estimate of drug-likeness (QED) is 0.835. The molecule has 0 radical (unpaired) electrons. The number of hydrogen-bond donors (Lipinski definition) is 1. The van der Waals surface area contributed by atoms with Crippen LogP contribution in [0.2, 0.25) is 0 Å². The van der Waals surface area contributed by atoms with Gasteiger partial charge in [-0.15, -0.1) is 0 Å². The van der Waals surface area contributed by atoms with Gasteiger partial charge in [-0.1, -0.05) is 42.5 Å². The molecule has 1 saturated heterocycles. The van der Waals surface area contributed by atoms with Gasteiger partial charge in [-0.3, -0.25) is 0 Å². The topological polar surface area (TPSA) is 40.5 Å². The van der Waals surface area contributed by atoms with E-state index in [1.54, 1.807) is 0 Å². The number of nitrogens with zero attached hydrogens (tertiary/aromatic N) is 1. The summed E-state index contributed by atoms with van der Waals surface area (Å²) in [5, 5.41) is 9.62. The van der Waals surface area contributed by atoms with E-state index in [1.165, 1.54) is 31.4 Å². The molecule has 5 rings (SSSR count). The average Bonchev–Trinajstić information content (AvgIpc) is 3.20. The molecule has 136 valence electrons. The van der Waals surface area contributed by atoms with Gasteiger partial charge < -0.3 is 10.0 Å². The van der Waals surface area contributed by atoms with E-state index < -0.39 is 5.97 Å². The predicted molar refractivity (Wildman–Crippen MR) is 103 cm³/mol. The van der Waals surface area contributed by atoms with Gasteiger partial charge in [0.1, 0.15) is 0 Å². The Morgan fingerprint density at radius 3 is 2.77 bits per heavy atom. The maximum Gasteiger partial charge on any atom is 0.336 e. The standard InChI is InChI=1S/C23H27NO2/c25-22(26)20-14-23(21-4-2-1-3-19(20)21)9-11-24(12-10-23)15-18-8-6-16-5-7-17(18)13-16/h1-5,7,14,16-18H,6,8-13,15H2,(H,25,26). The Morgan fingerprint density at radius 2 is 1.96 bits per heavy atom. The first kappa shape index (κ1) is 16.3. The number of carboxylic acid groups (broad SMARTS) is 1. The van der Waals surface area contributed by atoms with Crippen molar-refractivity contribution in [1.29, 1.82) is 0 Å². The number of fused-ring (bicyclic) bond motifs is 4. The highest BCUT2D eigenvalue weighted by Crippen LogP contribution is 2.47. The zero-order valence-corrected chi connectivity index (χ0v) is 15.2. The highest BCUT2D eigenvalue weighted by molar-refractivity contribution is 6.17. The summed E-state index contributed by atoms with van der Waals surface area (Å²) in [5.74, 6) is 1.69. The third-order valence-electron chi connectivity index (χ3n) is 7.36. The number of rotatable bonds is 3. The zero-order valence-electron chi connectivity index (χ0n) is 15.2. The maximum absolute atomic E-state index is 11.7. The minimum atomic E-state index is -0.790. The van der Waals surface area contributed by atoms with Crippen LogP contribution in [0.25, 0.3) is 5.57 Å². The Bertz CT molecular complexity index is 785. The van der Waals surface area contributed by atoms with Gasteiger partial charge in [0.05, 0.1) is 5.57 Å². The summed E-state index contributed by atoms with van der Waals surface area (Å²) < 4.78 is 0. The van der Waals surface area contributed by atoms with Crippen molar-refractivity contribution in [3.8, 4) is 0 Å². The van der Waals surface area contributed by atoms with Gasteiger partial charge in [0.15, 0.2) is 0 Å². The summed E-state index contributed by atoms with van der Waals surface area (Å²) in [6.45, 7) is 3.37. The number of carbonyl (C=O) groups is 1. The fourth-order valence-corrected chi connectivity index (χ4v) is 5.88. The predicted octanol–water partition coefficient (Wildman–Crippen LogP) is 4.10. The molecule has 3 atom stereocenters. The lowest BCUT2D eigenvalue weighted by molar-refractivity contribution is -0.130. The Hall–Kier alpha value is -1.87. The van der Waals surface area contributed by atoms with E-state index in [4.69, 9.17) is 0 Å². The molecule has 26 heavy (non-hydrogen) atoms. The second-order valence-corrected chi connectivity index (χ2v) is 8.75. The van der Waals surface area contributed by atoms with Crippen LogP contribution in [0.5, 0.6) is 0 Å². The second-order valence-electron chi connectivity index (χ2n) is 8.75. The Kier molecular flexibility index (Phi) is 3.82. The van der Waals surface area contributed by atoms with Gasteiger partial charge in [-0.05, 0) is 74.1 Å². The number of piperidine rings is 1. The van der Waals surface area contributed by atoms with E-state index in [9.17, 15) is 9.90 Å². The molecule has 2 fully saturated rings. The number of hydrogen-bond acceptors (Lipinski definition) is 2. The number of likely N-dealkylation sites (tertiary alicyclic amines) is 1. The van der Waals surface area contributed by atoms with Crippen LogP contribution in [0.3, 0.4) is 0 Å². The van der Waals surface area contributed by atoms with Gasteiger partial charge >= 0.3 is 5.97 Å². The van der Waals surface area contributed by atoms with Crippen molar-refractivity contribution < 1.29 is 9.90 Å². The first-order chi connectivity index (χ1) is 12.6. The molecule has 1 aromatic rings. The van der Waals surface area contributed by atoms with E-state index in [1.807, 2.05) is 12.1 Å². The number of aliphatic carboxylic acids is 1. The molecule has 2 bridgehead atoms. The van der Waals surface area contributed by atoms with Crippen LogP contribution in [-0.4, -0.2) is 35.6 Å². The largest absolute Gasteiger partial charge is 0.478 e. The fraction of sp³-hybridized carbons (Fsp3) is 0.522. The van der Waals surface area contributed by atoms with E-state index in [-0.39, 0.29) is 5.41 Å². The van der Waals surface area contributed by atoms with Gasteiger partial charge in [-0.2, -0.15) is 0 Å². The van der Waals surface area contributed by atoms with Crippen LogP contribution in [0.15, 0.2) is 42.5 Å². The summed E-state index contributed by atoms with van der Waals surface area (Å²) in [6.07, 6.45) is 13.2. The number of allylic oxidation sites excluding steroid dienone is 3. The average molecular weight is 349 g/mol. The van der Waals surface area contributed by atoms with Crippen LogP contribution in [0, 0.1) is 17.8 Å². The first-order valence-electron chi connectivity index (χ1n) is 10.1. The van der Waals surface area contributed by atoms with Crippen LogP contribution in [0.4, 0.5) is 0 Å². The smallest absolute Gasteiger partial charge is 0.336 e. The lowest BCUT2D eigenvalue weighted by Crippen LogP contribution is -2.44. The minimum Gasteiger partial charge on any atom is -0.478 e. The summed E-state index contributed by atoms with van der Waals surface area (Å²) in [5.41, 5.74) is 2.61. The van der Waals surface area contributed by atoms with Gasteiger partial charge in [0.2, 0.25) is 0 Å². The molecule has 4 aliphatic rings.